The smallest absolute Gasteiger partial charge is 0.268 e. The topological polar surface area (TPSA) is 79.4 Å². The van der Waals surface area contributed by atoms with Crippen LogP contribution in [0.5, 0.6) is 5.75 Å². The molecule has 0 aliphatic heterocycles. The van der Waals surface area contributed by atoms with Crippen molar-refractivity contribution in [2.75, 3.05) is 0 Å². The number of nitrogens with zero attached hydrogens (tertiary/aromatic N) is 2. The Hall–Kier alpha value is -2.61. The fourth-order valence-corrected chi connectivity index (χ4v) is 5.50. The lowest BCUT2D eigenvalue weighted by Gasteiger charge is -2.40. The largest absolute Gasteiger partial charge is 0.489 e. The highest BCUT2D eigenvalue weighted by Crippen LogP contribution is 2.39. The van der Waals surface area contributed by atoms with Gasteiger partial charge in [-0.25, -0.2) is 4.98 Å². The third-order valence-electron chi connectivity index (χ3n) is 7.04. The second-order valence-corrected chi connectivity index (χ2v) is 16.0. The highest BCUT2D eigenvalue weighted by atomic mass is 35.5. The quantitative estimate of drug-likeness (QED) is 0.278. The van der Waals surface area contributed by atoms with Crippen molar-refractivity contribution < 1.29 is 14.0 Å². The Balaban J connectivity index is 1.83. The van der Waals surface area contributed by atoms with Gasteiger partial charge >= 0.3 is 0 Å². The van der Waals surface area contributed by atoms with Gasteiger partial charge in [-0.15, -0.1) is 0 Å². The van der Waals surface area contributed by atoms with Gasteiger partial charge in [0.05, 0.1) is 18.5 Å². The van der Waals surface area contributed by atoms with Crippen LogP contribution in [-0.4, -0.2) is 29.9 Å². The molecule has 8 heteroatoms. The van der Waals surface area contributed by atoms with Crippen molar-refractivity contribution in [1.29, 1.82) is 0 Å². The SMILES string of the molecule is CC(O[Si](C)(C)C(C)(C)C)C(CCc1ccc(Cl)cc1OCc1ccccc1)n1cnc(C(N)=O)c1. The van der Waals surface area contributed by atoms with E-state index in [1.54, 1.807) is 12.5 Å². The van der Waals surface area contributed by atoms with Crippen molar-refractivity contribution in [2.45, 2.75) is 77.4 Å². The predicted octanol–water partition coefficient (Wildman–Crippen LogP) is 6.80. The maximum atomic E-state index is 11.7. The van der Waals surface area contributed by atoms with Crippen molar-refractivity contribution in [3.63, 3.8) is 0 Å². The van der Waals surface area contributed by atoms with E-state index < -0.39 is 14.2 Å². The molecule has 194 valence electrons. The molecule has 3 rings (SSSR count). The molecule has 2 unspecified atom stereocenters. The molecule has 0 aliphatic carbocycles. The Kier molecular flexibility index (Phi) is 9.03. The molecule has 1 heterocycles. The van der Waals surface area contributed by atoms with Gasteiger partial charge in [-0.3, -0.25) is 4.79 Å². The predicted molar refractivity (Wildman–Crippen MR) is 148 cm³/mol. The molecule has 6 nitrogen and oxygen atoms in total. The molecule has 1 amide bonds. The molecule has 0 saturated carbocycles. The second kappa shape index (κ2) is 11.6. The third-order valence-corrected chi connectivity index (χ3v) is 11.8. The summed E-state index contributed by atoms with van der Waals surface area (Å²) < 4.78 is 14.9. The lowest BCUT2D eigenvalue weighted by molar-refractivity contribution is 0.0995. The molecule has 0 aliphatic rings. The minimum atomic E-state index is -2.02. The summed E-state index contributed by atoms with van der Waals surface area (Å²) in [5, 5.41) is 0.710. The average Bonchev–Trinajstić information content (AvgIpc) is 3.29. The van der Waals surface area contributed by atoms with Crippen LogP contribution in [-0.2, 0) is 17.5 Å². The molecule has 1 aromatic heterocycles. The number of primary amides is 1. The van der Waals surface area contributed by atoms with Gasteiger partial charge in [0.25, 0.3) is 5.91 Å². The summed E-state index contributed by atoms with van der Waals surface area (Å²) in [6.45, 7) is 13.8. The van der Waals surface area contributed by atoms with Crippen LogP contribution in [0.3, 0.4) is 0 Å². The number of halogens is 1. The Labute approximate surface area is 220 Å². The Morgan fingerprint density at radius 1 is 1.17 bits per heavy atom. The van der Waals surface area contributed by atoms with E-state index in [4.69, 9.17) is 26.5 Å². The lowest BCUT2D eigenvalue weighted by atomic mass is 10.0. The van der Waals surface area contributed by atoms with Crippen molar-refractivity contribution in [1.82, 2.24) is 9.55 Å². The highest BCUT2D eigenvalue weighted by molar-refractivity contribution is 6.74. The standard InChI is InChI=1S/C28H38ClN3O3Si/c1-20(35-36(5,6)28(2,3)4)25(32-17-24(27(30)33)31-19-32)15-13-22-12-14-23(29)16-26(22)34-18-21-10-8-7-9-11-21/h7-12,14,16-17,19-20,25H,13,15,18H2,1-6H3,(H2,30,33). The molecule has 3 aromatic rings. The number of carbonyl (C=O) groups is 1. The minimum absolute atomic E-state index is 0.0441. The number of amides is 1. The number of rotatable bonds is 11. The summed E-state index contributed by atoms with van der Waals surface area (Å²) in [6.07, 6.45) is 4.79. The maximum Gasteiger partial charge on any atom is 0.268 e. The third kappa shape index (κ3) is 7.21. The van der Waals surface area contributed by atoms with Gasteiger partial charge in [0.15, 0.2) is 8.32 Å². The first kappa shape index (κ1) is 28.0. The van der Waals surface area contributed by atoms with Crippen molar-refractivity contribution in [3.05, 3.63) is 82.9 Å². The van der Waals surface area contributed by atoms with Crippen molar-refractivity contribution in [2.24, 2.45) is 5.73 Å². The first-order valence-electron chi connectivity index (χ1n) is 12.3. The van der Waals surface area contributed by atoms with Crippen LogP contribution in [0.2, 0.25) is 23.2 Å². The number of carbonyl (C=O) groups excluding carboxylic acids is 1. The zero-order valence-corrected chi connectivity index (χ0v) is 23.9. The maximum absolute atomic E-state index is 11.7. The van der Waals surface area contributed by atoms with Gasteiger partial charge in [-0.05, 0) is 61.2 Å². The molecular weight excluding hydrogens is 490 g/mol. The molecule has 2 N–H and O–H groups in total. The number of hydrogen-bond donors (Lipinski definition) is 1. The van der Waals surface area contributed by atoms with E-state index in [1.165, 1.54) is 0 Å². The van der Waals surface area contributed by atoms with E-state index in [1.807, 2.05) is 53.1 Å². The number of imidazole rings is 1. The molecule has 36 heavy (non-hydrogen) atoms. The van der Waals surface area contributed by atoms with E-state index in [2.05, 4.69) is 45.8 Å². The molecule has 0 saturated heterocycles. The first-order chi connectivity index (χ1) is 16.9. The summed E-state index contributed by atoms with van der Waals surface area (Å²) >= 11 is 6.30. The van der Waals surface area contributed by atoms with Crippen LogP contribution in [0.1, 0.15) is 61.8 Å². The number of hydrogen-bond acceptors (Lipinski definition) is 4. The van der Waals surface area contributed by atoms with Gasteiger partial charge in [0.2, 0.25) is 0 Å². The molecule has 2 atom stereocenters. The Morgan fingerprint density at radius 2 is 1.86 bits per heavy atom. The van der Waals surface area contributed by atoms with Gasteiger partial charge in [-0.1, -0.05) is 68.8 Å². The van der Waals surface area contributed by atoms with Crippen LogP contribution >= 0.6 is 11.6 Å². The monoisotopic (exact) mass is 527 g/mol. The van der Waals surface area contributed by atoms with Crippen LogP contribution < -0.4 is 10.5 Å². The second-order valence-electron chi connectivity index (χ2n) is 10.8. The van der Waals surface area contributed by atoms with Crippen LogP contribution in [0, 0.1) is 0 Å². The molecule has 0 spiro atoms. The Bertz CT molecular complexity index is 1160. The van der Waals surface area contributed by atoms with E-state index >= 15 is 0 Å². The average molecular weight is 528 g/mol. The van der Waals surface area contributed by atoms with Crippen LogP contribution in [0.4, 0.5) is 0 Å². The molecule has 0 fully saturated rings. The number of ether oxygens (including phenoxy) is 1. The minimum Gasteiger partial charge on any atom is -0.489 e. The zero-order valence-electron chi connectivity index (χ0n) is 22.1. The van der Waals surface area contributed by atoms with Crippen molar-refractivity contribution in [3.8, 4) is 5.75 Å². The molecule has 0 radical (unpaired) electrons. The Morgan fingerprint density at radius 3 is 2.47 bits per heavy atom. The first-order valence-corrected chi connectivity index (χ1v) is 15.6. The molecule has 0 bridgehead atoms. The van der Waals surface area contributed by atoms with E-state index in [9.17, 15) is 4.79 Å². The summed E-state index contributed by atoms with van der Waals surface area (Å²) in [7, 11) is -2.02. The van der Waals surface area contributed by atoms with E-state index in [-0.39, 0.29) is 22.9 Å². The molecule has 2 aromatic carbocycles. The number of aromatic nitrogens is 2. The number of aryl methyl sites for hydroxylation is 1. The van der Waals surface area contributed by atoms with Gasteiger partial charge in [0.1, 0.15) is 18.1 Å². The normalized spacial score (nSPS) is 13.9. The summed E-state index contributed by atoms with van der Waals surface area (Å²) in [6, 6.07) is 15.8. The fraction of sp³-hybridized carbons (Fsp3) is 0.429. The van der Waals surface area contributed by atoms with Gasteiger partial charge in [0, 0.05) is 11.2 Å². The van der Waals surface area contributed by atoms with Crippen LogP contribution in [0.25, 0.3) is 0 Å². The van der Waals surface area contributed by atoms with Crippen LogP contribution in [0.15, 0.2) is 61.1 Å². The number of nitrogens with two attached hydrogens (primary N) is 1. The van der Waals surface area contributed by atoms with Crippen molar-refractivity contribution >= 4 is 25.8 Å². The van der Waals surface area contributed by atoms with E-state index in [0.717, 1.165) is 29.7 Å². The number of benzene rings is 2. The highest BCUT2D eigenvalue weighted by Gasteiger charge is 2.40. The summed E-state index contributed by atoms with van der Waals surface area (Å²) in [5.41, 5.74) is 7.88. The van der Waals surface area contributed by atoms with Gasteiger partial charge < -0.3 is 19.5 Å². The zero-order chi connectivity index (χ0) is 26.5. The molecular formula is C28H38ClN3O3Si. The lowest BCUT2D eigenvalue weighted by Crippen LogP contribution is -2.45. The fourth-order valence-electron chi connectivity index (χ4n) is 3.90. The van der Waals surface area contributed by atoms with Gasteiger partial charge in [-0.2, -0.15) is 0 Å². The summed E-state index contributed by atoms with van der Waals surface area (Å²) in [5.74, 6) is 0.228. The van der Waals surface area contributed by atoms with E-state index in [0.29, 0.717) is 11.6 Å². The summed E-state index contributed by atoms with van der Waals surface area (Å²) in [4.78, 5) is 15.9.